The van der Waals surface area contributed by atoms with Crippen molar-refractivity contribution < 1.29 is 14.3 Å². The second-order valence-electron chi connectivity index (χ2n) is 7.12. The van der Waals surface area contributed by atoms with Gasteiger partial charge in [-0.15, -0.1) is 24.8 Å². The van der Waals surface area contributed by atoms with E-state index < -0.39 is 6.10 Å². The molecule has 1 aliphatic rings. The van der Waals surface area contributed by atoms with Gasteiger partial charge in [-0.2, -0.15) is 0 Å². The number of piperazine rings is 1. The highest BCUT2D eigenvalue weighted by Crippen LogP contribution is 2.15. The van der Waals surface area contributed by atoms with Gasteiger partial charge in [0.2, 0.25) is 5.91 Å². The van der Waals surface area contributed by atoms with E-state index >= 15 is 0 Å². The SMILES string of the molecule is CC(=O)N1CCN(CC(C)(C)NC[C@H](O)c2cccc(F)c2)CC1.Cl.Cl. The molecule has 1 heterocycles. The van der Waals surface area contributed by atoms with E-state index in [1.165, 1.54) is 12.1 Å². The molecule has 0 radical (unpaired) electrons. The first kappa shape index (κ1) is 25.1. The lowest BCUT2D eigenvalue weighted by Crippen LogP contribution is -2.55. The Labute approximate surface area is 167 Å². The number of rotatable bonds is 6. The van der Waals surface area contributed by atoms with Crippen LogP contribution in [0.5, 0.6) is 0 Å². The fourth-order valence-electron chi connectivity index (χ4n) is 3.04. The molecule has 1 fully saturated rings. The molecule has 1 aliphatic heterocycles. The van der Waals surface area contributed by atoms with E-state index in [-0.39, 0.29) is 42.1 Å². The average Bonchev–Trinajstić information content (AvgIpc) is 2.53. The molecular weight excluding hydrogens is 380 g/mol. The summed E-state index contributed by atoms with van der Waals surface area (Å²) in [6.07, 6.45) is -0.741. The van der Waals surface area contributed by atoms with E-state index in [1.807, 2.05) is 4.90 Å². The third kappa shape index (κ3) is 7.76. The highest BCUT2D eigenvalue weighted by molar-refractivity contribution is 5.85. The summed E-state index contributed by atoms with van der Waals surface area (Å²) in [6, 6.07) is 6.06. The van der Waals surface area contributed by atoms with Crippen molar-refractivity contribution in [1.29, 1.82) is 0 Å². The number of β-amino-alcohol motifs (C(OH)–C–C–N with tert-alkyl or cyclic N) is 1. The van der Waals surface area contributed by atoms with Crippen molar-refractivity contribution in [2.24, 2.45) is 0 Å². The molecular formula is C18H30Cl2FN3O2. The Bertz CT molecular complexity index is 567. The first-order chi connectivity index (χ1) is 11.3. The van der Waals surface area contributed by atoms with E-state index in [9.17, 15) is 14.3 Å². The molecule has 0 unspecified atom stereocenters. The number of halogens is 3. The van der Waals surface area contributed by atoms with Gasteiger partial charge in [0.1, 0.15) is 5.82 Å². The van der Waals surface area contributed by atoms with Gasteiger partial charge in [0.05, 0.1) is 6.10 Å². The summed E-state index contributed by atoms with van der Waals surface area (Å²) >= 11 is 0. The molecule has 1 saturated heterocycles. The summed E-state index contributed by atoms with van der Waals surface area (Å²) in [5, 5.41) is 13.6. The van der Waals surface area contributed by atoms with Crippen LogP contribution in [0.3, 0.4) is 0 Å². The van der Waals surface area contributed by atoms with Crippen molar-refractivity contribution in [3.63, 3.8) is 0 Å². The summed E-state index contributed by atoms with van der Waals surface area (Å²) in [5.74, 6) is -0.209. The predicted octanol–water partition coefficient (Wildman–Crippen LogP) is 2.24. The highest BCUT2D eigenvalue weighted by Gasteiger charge is 2.26. The molecule has 0 saturated carbocycles. The number of hydrogen-bond acceptors (Lipinski definition) is 4. The number of carbonyl (C=O) groups excluding carboxylic acids is 1. The van der Waals surface area contributed by atoms with Gasteiger partial charge in [-0.3, -0.25) is 9.69 Å². The third-order valence-corrected chi connectivity index (χ3v) is 4.44. The first-order valence-corrected chi connectivity index (χ1v) is 8.43. The molecule has 5 nitrogen and oxygen atoms in total. The Morgan fingerprint density at radius 1 is 1.27 bits per heavy atom. The molecule has 150 valence electrons. The third-order valence-electron chi connectivity index (χ3n) is 4.44. The van der Waals surface area contributed by atoms with Crippen molar-refractivity contribution in [2.75, 3.05) is 39.3 Å². The normalized spacial score (nSPS) is 16.4. The summed E-state index contributed by atoms with van der Waals surface area (Å²) in [7, 11) is 0. The van der Waals surface area contributed by atoms with Gasteiger partial charge in [0.15, 0.2) is 0 Å². The highest BCUT2D eigenvalue weighted by atomic mass is 35.5. The summed E-state index contributed by atoms with van der Waals surface area (Å²) in [4.78, 5) is 15.6. The van der Waals surface area contributed by atoms with E-state index in [1.54, 1.807) is 19.1 Å². The summed E-state index contributed by atoms with van der Waals surface area (Å²) < 4.78 is 13.2. The van der Waals surface area contributed by atoms with E-state index in [0.717, 1.165) is 32.7 Å². The van der Waals surface area contributed by atoms with Gasteiger partial charge >= 0.3 is 0 Å². The standard InChI is InChI=1S/C18H28FN3O2.2ClH/c1-14(23)22-9-7-21(8-10-22)13-18(2,3)20-12-17(24)15-5-4-6-16(19)11-15;;/h4-6,11,17,20,24H,7-10,12-13H2,1-3H3;2*1H/t17-;;/m0../s1. The average molecular weight is 410 g/mol. The lowest BCUT2D eigenvalue weighted by molar-refractivity contribution is -0.130. The lowest BCUT2D eigenvalue weighted by atomic mass is 10.0. The zero-order chi connectivity index (χ0) is 17.7. The van der Waals surface area contributed by atoms with Gasteiger partial charge in [-0.25, -0.2) is 4.39 Å². The van der Waals surface area contributed by atoms with E-state index in [0.29, 0.717) is 12.1 Å². The molecule has 2 rings (SSSR count). The number of nitrogens with one attached hydrogen (secondary N) is 1. The van der Waals surface area contributed by atoms with Gasteiger partial charge in [-0.1, -0.05) is 12.1 Å². The molecule has 8 heteroatoms. The molecule has 0 bridgehead atoms. The fourth-order valence-corrected chi connectivity index (χ4v) is 3.04. The minimum atomic E-state index is -0.741. The lowest BCUT2D eigenvalue weighted by Gasteiger charge is -2.39. The van der Waals surface area contributed by atoms with Gasteiger partial charge < -0.3 is 15.3 Å². The van der Waals surface area contributed by atoms with Crippen LogP contribution in [-0.4, -0.2) is 65.6 Å². The number of aliphatic hydroxyl groups excluding tert-OH is 1. The fraction of sp³-hybridized carbons (Fsp3) is 0.611. The molecule has 1 aromatic carbocycles. The van der Waals surface area contributed by atoms with E-state index in [4.69, 9.17) is 0 Å². The largest absolute Gasteiger partial charge is 0.387 e. The van der Waals surface area contributed by atoms with Gasteiger partial charge in [-0.05, 0) is 31.5 Å². The smallest absolute Gasteiger partial charge is 0.219 e. The number of hydrogen-bond donors (Lipinski definition) is 2. The molecule has 0 aromatic heterocycles. The number of nitrogens with zero attached hydrogens (tertiary/aromatic N) is 2. The van der Waals surface area contributed by atoms with Crippen molar-refractivity contribution in [3.8, 4) is 0 Å². The Morgan fingerprint density at radius 3 is 2.42 bits per heavy atom. The van der Waals surface area contributed by atoms with E-state index in [2.05, 4.69) is 24.1 Å². The molecule has 2 N–H and O–H groups in total. The van der Waals surface area contributed by atoms with Crippen LogP contribution in [0, 0.1) is 5.82 Å². The van der Waals surface area contributed by atoms with Crippen LogP contribution in [0.15, 0.2) is 24.3 Å². The van der Waals surface area contributed by atoms with Gasteiger partial charge in [0, 0.05) is 51.7 Å². The Morgan fingerprint density at radius 2 is 1.88 bits per heavy atom. The monoisotopic (exact) mass is 409 g/mol. The number of aliphatic hydroxyl groups is 1. The first-order valence-electron chi connectivity index (χ1n) is 8.43. The maximum atomic E-state index is 13.2. The van der Waals surface area contributed by atoms with Crippen molar-refractivity contribution in [2.45, 2.75) is 32.4 Å². The van der Waals surface area contributed by atoms with Crippen molar-refractivity contribution in [1.82, 2.24) is 15.1 Å². The number of amides is 1. The molecule has 1 amide bonds. The van der Waals surface area contributed by atoms with Crippen LogP contribution in [-0.2, 0) is 4.79 Å². The van der Waals surface area contributed by atoms with Crippen LogP contribution in [0.2, 0.25) is 0 Å². The Hall–Kier alpha value is -0.920. The van der Waals surface area contributed by atoms with Crippen LogP contribution in [0.4, 0.5) is 4.39 Å². The molecule has 0 aliphatic carbocycles. The molecule has 1 atom stereocenters. The summed E-state index contributed by atoms with van der Waals surface area (Å²) in [5.41, 5.74) is 0.389. The topological polar surface area (TPSA) is 55.8 Å². The number of benzene rings is 1. The Balaban J connectivity index is 0.00000312. The van der Waals surface area contributed by atoms with Gasteiger partial charge in [0.25, 0.3) is 0 Å². The zero-order valence-electron chi connectivity index (χ0n) is 15.6. The molecule has 0 spiro atoms. The maximum absolute atomic E-state index is 13.2. The second kappa shape index (κ2) is 11.0. The number of carbonyl (C=O) groups is 1. The van der Waals surface area contributed by atoms with Crippen LogP contribution < -0.4 is 5.32 Å². The maximum Gasteiger partial charge on any atom is 0.219 e. The van der Waals surface area contributed by atoms with Crippen LogP contribution in [0.25, 0.3) is 0 Å². The minimum absolute atomic E-state index is 0. The zero-order valence-corrected chi connectivity index (χ0v) is 17.2. The molecule has 26 heavy (non-hydrogen) atoms. The minimum Gasteiger partial charge on any atom is -0.387 e. The Kier molecular flexibility index (Phi) is 10.7. The van der Waals surface area contributed by atoms with Crippen LogP contribution in [0.1, 0.15) is 32.4 Å². The molecule has 1 aromatic rings. The van der Waals surface area contributed by atoms with Crippen molar-refractivity contribution in [3.05, 3.63) is 35.6 Å². The van der Waals surface area contributed by atoms with Crippen molar-refractivity contribution >= 4 is 30.7 Å². The quantitative estimate of drug-likeness (QED) is 0.756. The summed E-state index contributed by atoms with van der Waals surface area (Å²) in [6.45, 7) is 10.2. The predicted molar refractivity (Wildman–Crippen MR) is 107 cm³/mol. The second-order valence-corrected chi connectivity index (χ2v) is 7.12. The van der Waals surface area contributed by atoms with Crippen LogP contribution >= 0.6 is 24.8 Å².